The Morgan fingerprint density at radius 3 is 2.64 bits per heavy atom. The van der Waals surface area contributed by atoms with Crippen molar-refractivity contribution < 1.29 is 8.42 Å². The van der Waals surface area contributed by atoms with Crippen LogP contribution in [0.4, 0.5) is 0 Å². The fourth-order valence-corrected chi connectivity index (χ4v) is 2.93. The van der Waals surface area contributed by atoms with Crippen LogP contribution in [0.1, 0.15) is 13.3 Å². The predicted molar refractivity (Wildman–Crippen MR) is 46.7 cm³/mol. The summed E-state index contributed by atoms with van der Waals surface area (Å²) >= 11 is 4.41. The summed E-state index contributed by atoms with van der Waals surface area (Å²) in [6, 6.07) is -0.155. The Hall–Kier alpha value is -0.250. The van der Waals surface area contributed by atoms with E-state index in [9.17, 15) is 8.42 Å². The van der Waals surface area contributed by atoms with Gasteiger partial charge in [0, 0.05) is 0 Å². The smallest absolute Gasteiger partial charge is 0.155 e. The zero-order chi connectivity index (χ0) is 8.48. The normalized spacial score (nSPS) is 34.6. The highest BCUT2D eigenvalue weighted by Gasteiger charge is 2.36. The van der Waals surface area contributed by atoms with Crippen LogP contribution in [-0.2, 0) is 9.84 Å². The summed E-state index contributed by atoms with van der Waals surface area (Å²) in [5.74, 6) is 0.235. The summed E-state index contributed by atoms with van der Waals surface area (Å²) in [5, 5.41) is 1.84. The molecule has 0 aromatic carbocycles. The average Bonchev–Trinajstić information content (AvgIpc) is 2.17. The van der Waals surface area contributed by atoms with Gasteiger partial charge in [0.1, 0.15) is 0 Å². The van der Waals surface area contributed by atoms with E-state index in [1.54, 1.807) is 6.92 Å². The number of thiocarbonyl (C=S) groups is 1. The first-order chi connectivity index (χ1) is 5.08. The van der Waals surface area contributed by atoms with Gasteiger partial charge < -0.3 is 0 Å². The molecule has 62 valence electrons. The standard InChI is InChI=1S/C6H9NO2S2/c1-5-6(7-4-10)2-3-11(5,8)9/h5-6H,2-3H2,1H3. The molecule has 11 heavy (non-hydrogen) atoms. The van der Waals surface area contributed by atoms with Crippen molar-refractivity contribution in [2.75, 3.05) is 5.75 Å². The van der Waals surface area contributed by atoms with E-state index in [-0.39, 0.29) is 17.0 Å². The molecule has 0 saturated carbocycles. The summed E-state index contributed by atoms with van der Waals surface area (Å²) in [6.45, 7) is 1.67. The molecule has 0 amide bonds. The molecule has 1 aliphatic rings. The first kappa shape index (κ1) is 8.84. The first-order valence-electron chi connectivity index (χ1n) is 3.36. The Bertz CT molecular complexity index is 290. The first-order valence-corrected chi connectivity index (χ1v) is 5.49. The maximum atomic E-state index is 11.1. The van der Waals surface area contributed by atoms with Crippen LogP contribution in [0.2, 0.25) is 0 Å². The van der Waals surface area contributed by atoms with Crippen molar-refractivity contribution >= 4 is 27.2 Å². The number of isothiocyanates is 1. The zero-order valence-electron chi connectivity index (χ0n) is 6.15. The third-order valence-electron chi connectivity index (χ3n) is 2.02. The van der Waals surface area contributed by atoms with Gasteiger partial charge in [0.15, 0.2) is 9.84 Å². The Morgan fingerprint density at radius 1 is 1.64 bits per heavy atom. The molecule has 0 aliphatic carbocycles. The highest BCUT2D eigenvalue weighted by Crippen LogP contribution is 2.22. The minimum atomic E-state index is -2.88. The van der Waals surface area contributed by atoms with E-state index < -0.39 is 9.84 Å². The second-order valence-corrected chi connectivity index (χ2v) is 5.31. The van der Waals surface area contributed by atoms with Gasteiger partial charge in [-0.25, -0.2) is 13.4 Å². The maximum Gasteiger partial charge on any atom is 0.155 e. The molecule has 1 rings (SSSR count). The summed E-state index contributed by atoms with van der Waals surface area (Å²) < 4.78 is 22.3. The van der Waals surface area contributed by atoms with Crippen LogP contribution in [0.15, 0.2) is 4.99 Å². The predicted octanol–water partition coefficient (Wildman–Crippen LogP) is 0.665. The summed E-state index contributed by atoms with van der Waals surface area (Å²) in [5.41, 5.74) is 0. The lowest BCUT2D eigenvalue weighted by atomic mass is 10.2. The van der Waals surface area contributed by atoms with E-state index in [1.807, 2.05) is 0 Å². The van der Waals surface area contributed by atoms with E-state index in [0.717, 1.165) is 0 Å². The van der Waals surface area contributed by atoms with Gasteiger partial charge in [-0.05, 0) is 25.6 Å². The molecule has 1 fully saturated rings. The van der Waals surface area contributed by atoms with Crippen molar-refractivity contribution in [2.45, 2.75) is 24.6 Å². The lowest BCUT2D eigenvalue weighted by Gasteiger charge is -2.05. The number of hydrogen-bond donors (Lipinski definition) is 0. The van der Waals surface area contributed by atoms with Crippen LogP contribution in [0, 0.1) is 0 Å². The Balaban J connectivity index is 2.87. The molecule has 0 N–H and O–H groups in total. The second kappa shape index (κ2) is 3.01. The number of rotatable bonds is 1. The van der Waals surface area contributed by atoms with Gasteiger partial charge in [-0.2, -0.15) is 0 Å². The van der Waals surface area contributed by atoms with Crippen molar-refractivity contribution in [2.24, 2.45) is 4.99 Å². The van der Waals surface area contributed by atoms with Gasteiger partial charge in [-0.15, -0.1) is 0 Å². The van der Waals surface area contributed by atoms with Gasteiger partial charge >= 0.3 is 0 Å². The Kier molecular flexibility index (Phi) is 2.42. The van der Waals surface area contributed by atoms with Gasteiger partial charge in [0.05, 0.1) is 22.2 Å². The van der Waals surface area contributed by atoms with Crippen molar-refractivity contribution in [3.63, 3.8) is 0 Å². The van der Waals surface area contributed by atoms with Crippen LogP contribution < -0.4 is 0 Å². The summed E-state index contributed by atoms with van der Waals surface area (Å²) in [7, 11) is -2.88. The number of aliphatic imine (C=N–C) groups is 1. The fourth-order valence-electron chi connectivity index (χ4n) is 1.18. The van der Waals surface area contributed by atoms with Crippen molar-refractivity contribution in [1.82, 2.24) is 0 Å². The summed E-state index contributed by atoms with van der Waals surface area (Å²) in [4.78, 5) is 3.79. The molecule has 2 atom stereocenters. The van der Waals surface area contributed by atoms with Crippen molar-refractivity contribution in [3.8, 4) is 0 Å². The van der Waals surface area contributed by atoms with E-state index in [4.69, 9.17) is 0 Å². The fraction of sp³-hybridized carbons (Fsp3) is 0.833. The molecule has 1 saturated heterocycles. The van der Waals surface area contributed by atoms with Crippen LogP contribution in [0.25, 0.3) is 0 Å². The second-order valence-electron chi connectivity index (χ2n) is 2.65. The highest BCUT2D eigenvalue weighted by molar-refractivity contribution is 7.92. The minimum absolute atomic E-state index is 0.155. The Labute approximate surface area is 71.4 Å². The molecule has 3 nitrogen and oxygen atoms in total. The van der Waals surface area contributed by atoms with E-state index in [0.29, 0.717) is 6.42 Å². The van der Waals surface area contributed by atoms with Crippen LogP contribution in [-0.4, -0.2) is 30.6 Å². The van der Waals surface area contributed by atoms with Crippen LogP contribution in [0.3, 0.4) is 0 Å². The van der Waals surface area contributed by atoms with E-state index in [2.05, 4.69) is 22.4 Å². The molecular formula is C6H9NO2S2. The van der Waals surface area contributed by atoms with Crippen LogP contribution in [0.5, 0.6) is 0 Å². The van der Waals surface area contributed by atoms with Gasteiger partial charge in [-0.1, -0.05) is 0 Å². The maximum absolute atomic E-state index is 11.1. The van der Waals surface area contributed by atoms with E-state index in [1.165, 1.54) is 0 Å². The topological polar surface area (TPSA) is 46.5 Å². The lowest BCUT2D eigenvalue weighted by molar-refractivity contribution is 0.587. The third kappa shape index (κ3) is 1.67. The summed E-state index contributed by atoms with van der Waals surface area (Å²) in [6.07, 6.45) is 0.590. The molecule has 0 aromatic rings. The quantitative estimate of drug-likeness (QED) is 0.452. The zero-order valence-corrected chi connectivity index (χ0v) is 7.78. The number of sulfone groups is 1. The average molecular weight is 191 g/mol. The molecule has 5 heteroatoms. The third-order valence-corrected chi connectivity index (χ3v) is 4.38. The number of nitrogens with zero attached hydrogens (tertiary/aromatic N) is 1. The van der Waals surface area contributed by atoms with Gasteiger partial charge in [0.2, 0.25) is 0 Å². The Morgan fingerprint density at radius 2 is 2.27 bits per heavy atom. The molecular weight excluding hydrogens is 182 g/mol. The highest BCUT2D eigenvalue weighted by atomic mass is 32.2. The molecule has 0 aromatic heterocycles. The monoisotopic (exact) mass is 191 g/mol. The lowest BCUT2D eigenvalue weighted by Crippen LogP contribution is -2.20. The van der Waals surface area contributed by atoms with Crippen molar-refractivity contribution in [1.29, 1.82) is 0 Å². The SMILES string of the molecule is CC1C(N=C=S)CCS1(=O)=O. The molecule has 0 spiro atoms. The molecule has 2 unspecified atom stereocenters. The number of hydrogen-bond acceptors (Lipinski definition) is 4. The molecule has 1 heterocycles. The van der Waals surface area contributed by atoms with E-state index >= 15 is 0 Å². The van der Waals surface area contributed by atoms with Gasteiger partial charge in [0.25, 0.3) is 0 Å². The molecule has 0 radical (unpaired) electrons. The molecule has 1 aliphatic heterocycles. The van der Waals surface area contributed by atoms with Gasteiger partial charge in [-0.3, -0.25) is 0 Å². The largest absolute Gasteiger partial charge is 0.228 e. The minimum Gasteiger partial charge on any atom is -0.228 e. The van der Waals surface area contributed by atoms with Crippen LogP contribution >= 0.6 is 12.2 Å². The van der Waals surface area contributed by atoms with Crippen molar-refractivity contribution in [3.05, 3.63) is 0 Å². The molecule has 0 bridgehead atoms.